The molecule has 7 heteroatoms. The highest BCUT2D eigenvalue weighted by molar-refractivity contribution is 7.80. The molecule has 2 N–H and O–H groups in total. The maximum atomic E-state index is 12.0. The summed E-state index contributed by atoms with van der Waals surface area (Å²) in [6.07, 6.45) is 5.45. The second-order valence-electron chi connectivity index (χ2n) is 6.52. The lowest BCUT2D eigenvalue weighted by Gasteiger charge is -2.12. The summed E-state index contributed by atoms with van der Waals surface area (Å²) >= 11 is 5.19. The molecule has 1 aliphatic rings. The predicted octanol–water partition coefficient (Wildman–Crippen LogP) is 3.78. The van der Waals surface area contributed by atoms with Gasteiger partial charge in [0.25, 0.3) is 0 Å². The summed E-state index contributed by atoms with van der Waals surface area (Å²) in [5.74, 6) is 1.22. The Kier molecular flexibility index (Phi) is 7.61. The smallest absolute Gasteiger partial charge is 0.250 e. The van der Waals surface area contributed by atoms with Gasteiger partial charge in [-0.15, -0.1) is 0 Å². The summed E-state index contributed by atoms with van der Waals surface area (Å²) in [4.78, 5) is 12.0. The molecule has 1 unspecified atom stereocenters. The molecule has 3 rings (SSSR count). The molecule has 1 heterocycles. The largest absolute Gasteiger partial charge is 0.497 e. The van der Waals surface area contributed by atoms with E-state index in [1.165, 1.54) is 6.08 Å². The number of benzene rings is 2. The fourth-order valence-corrected chi connectivity index (χ4v) is 3.02. The summed E-state index contributed by atoms with van der Waals surface area (Å²) in [5.41, 5.74) is 1.65. The Balaban J connectivity index is 1.42. The molecule has 29 heavy (non-hydrogen) atoms. The number of methoxy groups -OCH3 is 1. The van der Waals surface area contributed by atoms with Crippen molar-refractivity contribution < 1.29 is 19.0 Å². The van der Waals surface area contributed by atoms with E-state index in [1.807, 2.05) is 48.5 Å². The van der Waals surface area contributed by atoms with Crippen molar-refractivity contribution in [2.24, 2.45) is 0 Å². The van der Waals surface area contributed by atoms with Crippen LogP contribution < -0.4 is 20.1 Å². The highest BCUT2D eigenvalue weighted by Crippen LogP contribution is 2.18. The van der Waals surface area contributed by atoms with Gasteiger partial charge in [0.05, 0.1) is 13.2 Å². The second kappa shape index (κ2) is 10.6. The number of nitrogens with one attached hydrogen (secondary N) is 2. The molecule has 0 aliphatic carbocycles. The van der Waals surface area contributed by atoms with Gasteiger partial charge >= 0.3 is 0 Å². The molecule has 1 aliphatic heterocycles. The third-order valence-electron chi connectivity index (χ3n) is 4.35. The molecule has 0 radical (unpaired) electrons. The average molecular weight is 413 g/mol. The first kappa shape index (κ1) is 20.8. The van der Waals surface area contributed by atoms with Crippen LogP contribution in [0.15, 0.2) is 54.6 Å². The maximum absolute atomic E-state index is 12.0. The fourth-order valence-electron chi connectivity index (χ4n) is 2.80. The Labute approximate surface area is 175 Å². The number of hydrogen-bond donors (Lipinski definition) is 2. The van der Waals surface area contributed by atoms with Gasteiger partial charge in [-0.3, -0.25) is 10.1 Å². The first-order valence-corrected chi connectivity index (χ1v) is 9.82. The van der Waals surface area contributed by atoms with Crippen molar-refractivity contribution in [1.82, 2.24) is 5.32 Å². The summed E-state index contributed by atoms with van der Waals surface area (Å²) in [7, 11) is 1.61. The minimum absolute atomic E-state index is 0.182. The first-order chi connectivity index (χ1) is 14.1. The van der Waals surface area contributed by atoms with Crippen molar-refractivity contribution in [2.45, 2.75) is 18.9 Å². The quantitative estimate of drug-likeness (QED) is 0.533. The average Bonchev–Trinajstić information content (AvgIpc) is 3.26. The molecule has 2 aromatic carbocycles. The van der Waals surface area contributed by atoms with E-state index in [1.54, 1.807) is 13.2 Å². The van der Waals surface area contributed by atoms with Gasteiger partial charge in [0.2, 0.25) is 5.91 Å². The molecule has 2 aromatic rings. The van der Waals surface area contributed by atoms with E-state index >= 15 is 0 Å². The Morgan fingerprint density at radius 2 is 1.90 bits per heavy atom. The molecule has 6 nitrogen and oxygen atoms in total. The minimum atomic E-state index is -0.310. The molecule has 0 aromatic heterocycles. The van der Waals surface area contributed by atoms with Crippen LogP contribution in [0.4, 0.5) is 5.69 Å². The van der Waals surface area contributed by atoms with Crippen molar-refractivity contribution in [3.8, 4) is 11.5 Å². The number of rotatable bonds is 7. The summed E-state index contributed by atoms with van der Waals surface area (Å²) in [6, 6.07) is 14.8. The molecule has 0 bridgehead atoms. The van der Waals surface area contributed by atoms with Crippen LogP contribution in [0.3, 0.4) is 0 Å². The van der Waals surface area contributed by atoms with E-state index in [2.05, 4.69) is 10.6 Å². The van der Waals surface area contributed by atoms with Gasteiger partial charge in [0.1, 0.15) is 18.1 Å². The van der Waals surface area contributed by atoms with Gasteiger partial charge < -0.3 is 19.5 Å². The van der Waals surface area contributed by atoms with E-state index in [9.17, 15) is 4.79 Å². The number of carbonyl (C=O) groups excluding carboxylic acids is 1. The van der Waals surface area contributed by atoms with Crippen molar-refractivity contribution in [1.29, 1.82) is 0 Å². The van der Waals surface area contributed by atoms with Crippen LogP contribution in [-0.4, -0.2) is 37.4 Å². The fraction of sp³-hybridized carbons (Fsp3) is 0.273. The van der Waals surface area contributed by atoms with Crippen molar-refractivity contribution in [3.05, 3.63) is 60.2 Å². The Hall–Kier alpha value is -2.90. The molecule has 1 saturated heterocycles. The monoisotopic (exact) mass is 412 g/mol. The molecule has 1 fully saturated rings. The minimum Gasteiger partial charge on any atom is -0.497 e. The van der Waals surface area contributed by atoms with Crippen LogP contribution >= 0.6 is 12.2 Å². The van der Waals surface area contributed by atoms with Crippen LogP contribution in [0.25, 0.3) is 6.08 Å². The van der Waals surface area contributed by atoms with E-state index in [0.29, 0.717) is 6.61 Å². The molecular formula is C22H24N2O4S. The van der Waals surface area contributed by atoms with Crippen molar-refractivity contribution >= 4 is 35.0 Å². The highest BCUT2D eigenvalue weighted by Gasteiger charge is 2.15. The van der Waals surface area contributed by atoms with E-state index < -0.39 is 0 Å². The van der Waals surface area contributed by atoms with E-state index in [0.717, 1.165) is 42.2 Å². The van der Waals surface area contributed by atoms with E-state index in [-0.39, 0.29) is 17.1 Å². The number of hydrogen-bond acceptors (Lipinski definition) is 5. The standard InChI is InChI=1S/C22H24N2O4S/c1-26-18-9-4-16(5-10-18)6-13-21(25)24-22(29)23-17-7-11-19(12-8-17)28-15-20-3-2-14-27-20/h4-13,20H,2-3,14-15H2,1H3,(H2,23,24,25,29). The Morgan fingerprint density at radius 3 is 2.55 bits per heavy atom. The van der Waals surface area contributed by atoms with Gasteiger partial charge in [0.15, 0.2) is 5.11 Å². The molecule has 152 valence electrons. The zero-order chi connectivity index (χ0) is 20.5. The zero-order valence-corrected chi connectivity index (χ0v) is 17.0. The molecule has 1 amide bonds. The predicted molar refractivity (Wildman–Crippen MR) is 117 cm³/mol. The van der Waals surface area contributed by atoms with Gasteiger partial charge in [-0.2, -0.15) is 0 Å². The normalized spacial score (nSPS) is 15.8. The summed E-state index contributed by atoms with van der Waals surface area (Å²) in [6.45, 7) is 1.37. The highest BCUT2D eigenvalue weighted by atomic mass is 32.1. The van der Waals surface area contributed by atoms with Crippen LogP contribution in [0.2, 0.25) is 0 Å². The zero-order valence-electron chi connectivity index (χ0n) is 16.2. The first-order valence-electron chi connectivity index (χ1n) is 9.41. The van der Waals surface area contributed by atoms with Gasteiger partial charge in [-0.25, -0.2) is 0 Å². The van der Waals surface area contributed by atoms with Crippen LogP contribution in [0, 0.1) is 0 Å². The number of thiocarbonyl (C=S) groups is 1. The summed E-state index contributed by atoms with van der Waals surface area (Å²) < 4.78 is 16.4. The number of ether oxygens (including phenoxy) is 3. The lowest BCUT2D eigenvalue weighted by molar-refractivity contribution is -0.115. The van der Waals surface area contributed by atoms with Gasteiger partial charge in [0, 0.05) is 18.4 Å². The van der Waals surface area contributed by atoms with Gasteiger partial charge in [-0.05, 0) is 73.1 Å². The second-order valence-corrected chi connectivity index (χ2v) is 6.93. The number of anilines is 1. The number of carbonyl (C=O) groups is 1. The SMILES string of the molecule is COc1ccc(C=CC(=O)NC(=S)Nc2ccc(OCC3CCCO3)cc2)cc1. The summed E-state index contributed by atoms with van der Waals surface area (Å²) in [5, 5.41) is 5.82. The molecule has 0 saturated carbocycles. The van der Waals surface area contributed by atoms with E-state index in [4.69, 9.17) is 26.4 Å². The number of amides is 1. The maximum Gasteiger partial charge on any atom is 0.250 e. The molecule has 1 atom stereocenters. The van der Waals surface area contributed by atoms with Crippen molar-refractivity contribution in [2.75, 3.05) is 25.6 Å². The molecule has 0 spiro atoms. The lowest BCUT2D eigenvalue weighted by Crippen LogP contribution is -2.32. The molecular weight excluding hydrogens is 388 g/mol. The third kappa shape index (κ3) is 6.89. The topological polar surface area (TPSA) is 68.8 Å². The van der Waals surface area contributed by atoms with Crippen LogP contribution in [0.1, 0.15) is 18.4 Å². The lowest BCUT2D eigenvalue weighted by atomic mass is 10.2. The van der Waals surface area contributed by atoms with Crippen LogP contribution in [0.5, 0.6) is 11.5 Å². The van der Waals surface area contributed by atoms with Crippen LogP contribution in [-0.2, 0) is 9.53 Å². The Bertz CT molecular complexity index is 844. The van der Waals surface area contributed by atoms with Gasteiger partial charge in [-0.1, -0.05) is 12.1 Å². The Morgan fingerprint density at radius 1 is 1.17 bits per heavy atom. The third-order valence-corrected chi connectivity index (χ3v) is 4.56. The van der Waals surface area contributed by atoms with Crippen molar-refractivity contribution in [3.63, 3.8) is 0 Å².